The van der Waals surface area contributed by atoms with Gasteiger partial charge in [-0.15, -0.1) is 0 Å². The summed E-state index contributed by atoms with van der Waals surface area (Å²) in [4.78, 5) is 0. The van der Waals surface area contributed by atoms with E-state index in [1.165, 1.54) is 5.56 Å². The summed E-state index contributed by atoms with van der Waals surface area (Å²) in [5.74, 6) is 0.714. The highest BCUT2D eigenvalue weighted by Crippen LogP contribution is 2.35. The second kappa shape index (κ2) is 6.08. The van der Waals surface area contributed by atoms with Gasteiger partial charge in [0.2, 0.25) is 0 Å². The predicted octanol–water partition coefficient (Wildman–Crippen LogP) is 3.92. The first-order chi connectivity index (χ1) is 10.2. The Morgan fingerprint density at radius 3 is 2.90 bits per heavy atom. The number of aliphatic hydroxyl groups excluding tert-OH is 1. The lowest BCUT2D eigenvalue weighted by molar-refractivity contribution is 0.145. The molecule has 0 fully saturated rings. The molecule has 1 aliphatic heterocycles. The molecule has 2 unspecified atom stereocenters. The molecule has 3 nitrogen and oxygen atoms in total. The van der Waals surface area contributed by atoms with Gasteiger partial charge in [-0.3, -0.25) is 0 Å². The first-order valence-electron chi connectivity index (χ1n) is 7.05. The molecule has 3 rings (SSSR count). The quantitative estimate of drug-likeness (QED) is 0.884. The second-order valence-electron chi connectivity index (χ2n) is 5.28. The molecule has 2 N–H and O–H groups in total. The van der Waals surface area contributed by atoms with Crippen LogP contribution in [0.4, 0.5) is 5.69 Å². The third-order valence-corrected chi connectivity index (χ3v) is 4.47. The molecule has 0 spiro atoms. The Bertz CT molecular complexity index is 644. The second-order valence-corrected chi connectivity index (χ2v) is 6.19. The summed E-state index contributed by atoms with van der Waals surface area (Å²) >= 11 is 3.46. The Kier molecular flexibility index (Phi) is 4.17. The maximum Gasteiger partial charge on any atom is 0.124 e. The van der Waals surface area contributed by atoms with Crippen LogP contribution in [0.2, 0.25) is 0 Å². The Balaban J connectivity index is 1.87. The van der Waals surface area contributed by atoms with E-state index < -0.39 is 6.10 Å². The van der Waals surface area contributed by atoms with Crippen LogP contribution >= 0.6 is 15.9 Å². The van der Waals surface area contributed by atoms with Crippen LogP contribution in [0.3, 0.4) is 0 Å². The number of nitrogens with one attached hydrogen (secondary N) is 1. The van der Waals surface area contributed by atoms with Gasteiger partial charge in [-0.25, -0.2) is 0 Å². The topological polar surface area (TPSA) is 41.5 Å². The molecule has 0 amide bonds. The van der Waals surface area contributed by atoms with E-state index in [1.807, 2.05) is 24.3 Å². The van der Waals surface area contributed by atoms with Gasteiger partial charge in [0.15, 0.2) is 0 Å². The average molecular weight is 348 g/mol. The number of fused-ring (bicyclic) bond motifs is 1. The van der Waals surface area contributed by atoms with Crippen LogP contribution < -0.4 is 10.1 Å². The van der Waals surface area contributed by atoms with E-state index in [9.17, 15) is 5.11 Å². The van der Waals surface area contributed by atoms with Gasteiger partial charge in [0, 0.05) is 15.7 Å². The smallest absolute Gasteiger partial charge is 0.124 e. The van der Waals surface area contributed by atoms with Gasteiger partial charge in [0.25, 0.3) is 0 Å². The number of hydrogen-bond acceptors (Lipinski definition) is 3. The maximum atomic E-state index is 10.7. The zero-order chi connectivity index (χ0) is 14.8. The van der Waals surface area contributed by atoms with Gasteiger partial charge in [-0.2, -0.15) is 0 Å². The molecule has 2 aromatic carbocycles. The molecular formula is C17H18BrNO2. The van der Waals surface area contributed by atoms with Gasteiger partial charge in [-0.05, 0) is 42.7 Å². The Morgan fingerprint density at radius 1 is 1.29 bits per heavy atom. The minimum atomic E-state index is -0.606. The van der Waals surface area contributed by atoms with Crippen LogP contribution in [0.25, 0.3) is 0 Å². The van der Waals surface area contributed by atoms with Crippen molar-refractivity contribution in [3.63, 3.8) is 0 Å². The molecule has 110 valence electrons. The van der Waals surface area contributed by atoms with Gasteiger partial charge in [-0.1, -0.05) is 34.1 Å². The number of rotatable bonds is 3. The van der Waals surface area contributed by atoms with Gasteiger partial charge in [0.05, 0.1) is 13.2 Å². The molecule has 0 aromatic heterocycles. The number of ether oxygens (including phenoxy) is 1. The standard InChI is InChI=1S/C17H18BrNO2/c1-21-16-9-7-12(18)10-13(16)17(20)15-8-6-11-4-2-3-5-14(11)19-15/h2-5,7,9-10,15,17,19-20H,6,8H2,1H3. The minimum absolute atomic E-state index is 0.0110. The van der Waals surface area contributed by atoms with Crippen molar-refractivity contribution in [3.8, 4) is 5.75 Å². The van der Waals surface area contributed by atoms with E-state index in [-0.39, 0.29) is 6.04 Å². The molecule has 0 aliphatic carbocycles. The zero-order valence-corrected chi connectivity index (χ0v) is 13.4. The Hall–Kier alpha value is -1.52. The molecular weight excluding hydrogens is 330 g/mol. The van der Waals surface area contributed by atoms with Crippen molar-refractivity contribution in [1.82, 2.24) is 0 Å². The van der Waals surface area contributed by atoms with Crippen LogP contribution in [-0.2, 0) is 6.42 Å². The molecule has 0 radical (unpaired) electrons. The number of halogens is 1. The van der Waals surface area contributed by atoms with Gasteiger partial charge >= 0.3 is 0 Å². The number of anilines is 1. The number of benzene rings is 2. The summed E-state index contributed by atoms with van der Waals surface area (Å²) in [6, 6.07) is 14.0. The van der Waals surface area contributed by atoms with Gasteiger partial charge < -0.3 is 15.2 Å². The van der Waals surface area contributed by atoms with Crippen molar-refractivity contribution in [2.75, 3.05) is 12.4 Å². The lowest BCUT2D eigenvalue weighted by Crippen LogP contribution is -2.31. The maximum absolute atomic E-state index is 10.7. The molecule has 4 heteroatoms. The van der Waals surface area contributed by atoms with E-state index in [0.29, 0.717) is 5.75 Å². The summed E-state index contributed by atoms with van der Waals surface area (Å²) in [7, 11) is 1.63. The molecule has 1 heterocycles. The van der Waals surface area contributed by atoms with Gasteiger partial charge in [0.1, 0.15) is 11.9 Å². The van der Waals surface area contributed by atoms with E-state index in [2.05, 4.69) is 39.4 Å². The number of aliphatic hydroxyl groups is 1. The molecule has 0 saturated carbocycles. The number of aryl methyl sites for hydroxylation is 1. The molecule has 0 bridgehead atoms. The molecule has 1 aliphatic rings. The van der Waals surface area contributed by atoms with Crippen molar-refractivity contribution in [1.29, 1.82) is 0 Å². The monoisotopic (exact) mass is 347 g/mol. The summed E-state index contributed by atoms with van der Waals surface area (Å²) in [6.45, 7) is 0. The first-order valence-corrected chi connectivity index (χ1v) is 7.84. The minimum Gasteiger partial charge on any atom is -0.496 e. The van der Waals surface area contributed by atoms with Crippen molar-refractivity contribution in [2.45, 2.75) is 25.0 Å². The summed E-state index contributed by atoms with van der Waals surface area (Å²) in [5, 5.41) is 14.2. The van der Waals surface area contributed by atoms with E-state index >= 15 is 0 Å². The highest BCUT2D eigenvalue weighted by atomic mass is 79.9. The average Bonchev–Trinajstić information content (AvgIpc) is 2.53. The number of para-hydroxylation sites is 1. The van der Waals surface area contributed by atoms with E-state index in [1.54, 1.807) is 7.11 Å². The lowest BCUT2D eigenvalue weighted by Gasteiger charge is -2.31. The van der Waals surface area contributed by atoms with Crippen LogP contribution in [0.15, 0.2) is 46.9 Å². The summed E-state index contributed by atoms with van der Waals surface area (Å²) in [6.07, 6.45) is 1.26. The van der Waals surface area contributed by atoms with E-state index in [0.717, 1.165) is 28.6 Å². The van der Waals surface area contributed by atoms with Crippen LogP contribution in [0, 0.1) is 0 Å². The Morgan fingerprint density at radius 2 is 2.10 bits per heavy atom. The SMILES string of the molecule is COc1ccc(Br)cc1C(O)C1CCc2ccccc2N1. The van der Waals surface area contributed by atoms with Crippen LogP contribution in [0.5, 0.6) is 5.75 Å². The normalized spacial score (nSPS) is 18.5. The van der Waals surface area contributed by atoms with E-state index in [4.69, 9.17) is 4.74 Å². The highest BCUT2D eigenvalue weighted by molar-refractivity contribution is 9.10. The van der Waals surface area contributed by atoms with Crippen molar-refractivity contribution >= 4 is 21.6 Å². The fraction of sp³-hybridized carbons (Fsp3) is 0.294. The number of methoxy groups -OCH3 is 1. The van der Waals surface area contributed by atoms with Crippen molar-refractivity contribution in [2.24, 2.45) is 0 Å². The fourth-order valence-electron chi connectivity index (χ4n) is 2.85. The Labute approximate surface area is 133 Å². The third kappa shape index (κ3) is 2.92. The molecule has 2 aromatic rings. The molecule has 2 atom stereocenters. The highest BCUT2D eigenvalue weighted by Gasteiger charge is 2.27. The predicted molar refractivity (Wildman–Crippen MR) is 87.8 cm³/mol. The lowest BCUT2D eigenvalue weighted by atomic mass is 9.91. The summed E-state index contributed by atoms with van der Waals surface area (Å²) in [5.41, 5.74) is 3.23. The largest absolute Gasteiger partial charge is 0.496 e. The molecule has 21 heavy (non-hydrogen) atoms. The summed E-state index contributed by atoms with van der Waals surface area (Å²) < 4.78 is 6.31. The molecule has 0 saturated heterocycles. The van der Waals surface area contributed by atoms with Crippen molar-refractivity contribution in [3.05, 3.63) is 58.1 Å². The number of hydrogen-bond donors (Lipinski definition) is 2. The van der Waals surface area contributed by atoms with Crippen LogP contribution in [-0.4, -0.2) is 18.3 Å². The first kappa shape index (κ1) is 14.4. The van der Waals surface area contributed by atoms with Crippen LogP contribution in [0.1, 0.15) is 23.7 Å². The van der Waals surface area contributed by atoms with Crippen molar-refractivity contribution < 1.29 is 9.84 Å². The third-order valence-electron chi connectivity index (χ3n) is 3.97. The zero-order valence-electron chi connectivity index (χ0n) is 11.8. The fourth-order valence-corrected chi connectivity index (χ4v) is 3.23.